The second-order valence-corrected chi connectivity index (χ2v) is 8.69. The molecule has 2 aliphatic rings. The summed E-state index contributed by atoms with van der Waals surface area (Å²) in [6, 6.07) is 8.35. The van der Waals surface area contributed by atoms with Gasteiger partial charge in [-0.15, -0.1) is 0 Å². The SMILES string of the molecule is C[C@H]([C]1[CH][CH][CH][C]1C[P@](c1ccccc1)C(F)(F)F)N(C)C.[CH]1[CH][CH][CH][CH]1.[Fe+2]. The first-order chi connectivity index (χ1) is 12.8. The molecule has 0 bridgehead atoms. The van der Waals surface area contributed by atoms with Gasteiger partial charge in [0.1, 0.15) is 0 Å². The molecule has 0 aliphatic heterocycles. The van der Waals surface area contributed by atoms with Crippen molar-refractivity contribution in [3.05, 3.63) is 93.5 Å². The maximum absolute atomic E-state index is 13.5. The van der Waals surface area contributed by atoms with E-state index in [9.17, 15) is 13.2 Å². The number of hydrogen-bond acceptors (Lipinski definition) is 1. The first kappa shape index (κ1) is 26.0. The van der Waals surface area contributed by atoms with Gasteiger partial charge in [-0.05, 0) is 89.8 Å². The number of rotatable bonds is 5. The van der Waals surface area contributed by atoms with Crippen LogP contribution in [-0.4, -0.2) is 37.1 Å². The minimum atomic E-state index is -4.19. The molecule has 0 aromatic heterocycles. The molecule has 2 fully saturated rings. The van der Waals surface area contributed by atoms with Crippen molar-refractivity contribution >= 4 is 13.2 Å². The number of halogens is 3. The van der Waals surface area contributed by atoms with Gasteiger partial charge in [0.25, 0.3) is 0 Å². The summed E-state index contributed by atoms with van der Waals surface area (Å²) in [5, 5.41) is 0.384. The molecule has 150 valence electrons. The second-order valence-electron chi connectivity index (χ2n) is 6.50. The third-order valence-electron chi connectivity index (χ3n) is 4.43. The number of nitrogens with zero attached hydrogens (tertiary/aromatic N) is 1. The fourth-order valence-corrected chi connectivity index (χ4v) is 4.54. The summed E-state index contributed by atoms with van der Waals surface area (Å²) >= 11 is 0. The van der Waals surface area contributed by atoms with E-state index in [1.807, 2.05) is 77.3 Å². The van der Waals surface area contributed by atoms with E-state index in [0.29, 0.717) is 5.30 Å². The van der Waals surface area contributed by atoms with Crippen LogP contribution in [0.5, 0.6) is 0 Å². The van der Waals surface area contributed by atoms with Crippen LogP contribution in [0, 0.1) is 63.2 Å². The standard InChI is InChI=1S/C17H20F3NP.C5H5.Fe/c1-13(21(2)3)16-11-7-8-14(16)12-22(17(18,19)20)15-9-5-4-6-10-15;1-2-4-5-3-1;/h4-11,13H,12H2,1-3H3;1-5H;/q;;+2/t13-,22-;;/m1../s1. The Morgan fingerprint density at radius 3 is 1.89 bits per heavy atom. The molecule has 10 radical (unpaired) electrons. The number of benzene rings is 1. The van der Waals surface area contributed by atoms with Crippen molar-refractivity contribution in [3.63, 3.8) is 0 Å². The van der Waals surface area contributed by atoms with Crippen LogP contribution in [0.25, 0.3) is 0 Å². The van der Waals surface area contributed by atoms with Crippen LogP contribution < -0.4 is 5.30 Å². The van der Waals surface area contributed by atoms with Crippen molar-refractivity contribution in [2.24, 2.45) is 0 Å². The maximum Gasteiger partial charge on any atom is 2.00 e. The predicted molar refractivity (Wildman–Crippen MR) is 108 cm³/mol. The zero-order chi connectivity index (χ0) is 19.9. The van der Waals surface area contributed by atoms with Gasteiger partial charge in [-0.1, -0.05) is 30.3 Å². The summed E-state index contributed by atoms with van der Waals surface area (Å²) < 4.78 is 40.5. The van der Waals surface area contributed by atoms with Crippen LogP contribution >= 0.6 is 7.92 Å². The van der Waals surface area contributed by atoms with Crippen molar-refractivity contribution in [3.8, 4) is 0 Å². The predicted octanol–water partition coefficient (Wildman–Crippen LogP) is 5.06. The van der Waals surface area contributed by atoms with Crippen molar-refractivity contribution in [1.82, 2.24) is 4.90 Å². The summed E-state index contributed by atoms with van der Waals surface area (Å²) in [4.78, 5) is 2.01. The van der Waals surface area contributed by atoms with Crippen molar-refractivity contribution in [2.75, 3.05) is 20.3 Å². The molecule has 2 saturated carbocycles. The third-order valence-corrected chi connectivity index (χ3v) is 6.62. The summed E-state index contributed by atoms with van der Waals surface area (Å²) in [6.45, 7) is 2.01. The first-order valence-electron chi connectivity index (χ1n) is 8.77. The summed E-state index contributed by atoms with van der Waals surface area (Å²) in [6.07, 6.45) is 15.6. The Kier molecular flexibility index (Phi) is 11.7. The second kappa shape index (κ2) is 12.6. The van der Waals surface area contributed by atoms with Crippen LogP contribution in [-0.2, 0) is 17.1 Å². The normalized spacial score (nSPS) is 20.4. The summed E-state index contributed by atoms with van der Waals surface area (Å²) in [7, 11) is 1.65. The van der Waals surface area contributed by atoms with Gasteiger partial charge in [0.05, 0.1) is 0 Å². The Balaban J connectivity index is 0.000000567. The summed E-state index contributed by atoms with van der Waals surface area (Å²) in [5.41, 5.74) is 0. The smallest absolute Gasteiger partial charge is 0.306 e. The Morgan fingerprint density at radius 2 is 1.43 bits per heavy atom. The molecule has 28 heavy (non-hydrogen) atoms. The minimum absolute atomic E-state index is 0. The van der Waals surface area contributed by atoms with E-state index < -0.39 is 13.8 Å². The molecule has 0 unspecified atom stereocenters. The molecular formula is C22H25F3FeNP+2. The van der Waals surface area contributed by atoms with Crippen LogP contribution in [0.3, 0.4) is 0 Å². The van der Waals surface area contributed by atoms with Gasteiger partial charge < -0.3 is 4.90 Å². The average molecular weight is 447 g/mol. The van der Waals surface area contributed by atoms with Gasteiger partial charge in [0.2, 0.25) is 0 Å². The molecule has 3 rings (SSSR count). The molecule has 0 N–H and O–H groups in total. The first-order valence-corrected chi connectivity index (χ1v) is 10.3. The van der Waals surface area contributed by atoms with E-state index >= 15 is 0 Å². The monoisotopic (exact) mass is 447 g/mol. The van der Waals surface area contributed by atoms with E-state index in [1.54, 1.807) is 30.3 Å². The van der Waals surface area contributed by atoms with Crippen molar-refractivity contribution in [2.45, 2.75) is 18.9 Å². The van der Waals surface area contributed by atoms with Gasteiger partial charge in [-0.2, -0.15) is 13.2 Å². The van der Waals surface area contributed by atoms with Crippen molar-refractivity contribution in [1.29, 1.82) is 0 Å². The molecular weight excluding hydrogens is 422 g/mol. The molecule has 1 aromatic carbocycles. The third kappa shape index (κ3) is 7.98. The average Bonchev–Trinajstić information content (AvgIpc) is 3.33. The minimum Gasteiger partial charge on any atom is -0.306 e. The fourth-order valence-electron chi connectivity index (χ4n) is 2.73. The number of alkyl halides is 3. The fraction of sp³-hybridized carbons (Fsp3) is 0.273. The Labute approximate surface area is 181 Å². The molecule has 6 heteroatoms. The van der Waals surface area contributed by atoms with Crippen LogP contribution in [0.2, 0.25) is 0 Å². The van der Waals surface area contributed by atoms with Gasteiger partial charge in [0.15, 0.2) is 0 Å². The van der Waals surface area contributed by atoms with Gasteiger partial charge in [-0.3, -0.25) is 0 Å². The number of hydrogen-bond donors (Lipinski definition) is 0. The molecule has 1 aromatic rings. The van der Waals surface area contributed by atoms with E-state index in [4.69, 9.17) is 0 Å². The molecule has 0 heterocycles. The van der Waals surface area contributed by atoms with E-state index in [0.717, 1.165) is 11.8 Å². The largest absolute Gasteiger partial charge is 2.00 e. The maximum atomic E-state index is 13.5. The van der Waals surface area contributed by atoms with E-state index in [1.165, 1.54) is 0 Å². The summed E-state index contributed by atoms with van der Waals surface area (Å²) in [5.74, 6) is -2.40. The zero-order valence-electron chi connectivity index (χ0n) is 16.2. The zero-order valence-corrected chi connectivity index (χ0v) is 18.2. The van der Waals surface area contributed by atoms with Gasteiger partial charge >= 0.3 is 23.0 Å². The van der Waals surface area contributed by atoms with Crippen LogP contribution in [0.15, 0.2) is 30.3 Å². The van der Waals surface area contributed by atoms with Crippen molar-refractivity contribution < 1.29 is 30.2 Å². The van der Waals surface area contributed by atoms with Crippen LogP contribution in [0.1, 0.15) is 6.92 Å². The molecule has 2 atom stereocenters. The molecule has 2 aliphatic carbocycles. The van der Waals surface area contributed by atoms with Gasteiger partial charge in [0, 0.05) is 19.9 Å². The molecule has 0 saturated heterocycles. The quantitative estimate of drug-likeness (QED) is 0.451. The Morgan fingerprint density at radius 1 is 0.893 bits per heavy atom. The molecule has 1 nitrogen and oxygen atoms in total. The van der Waals surface area contributed by atoms with Crippen LogP contribution in [0.4, 0.5) is 13.2 Å². The Hall–Kier alpha value is -0.0805. The van der Waals surface area contributed by atoms with Gasteiger partial charge in [-0.25, -0.2) is 0 Å². The molecule has 0 amide bonds. The molecule has 0 spiro atoms. The topological polar surface area (TPSA) is 3.24 Å². The van der Waals surface area contributed by atoms with E-state index in [-0.39, 0.29) is 29.3 Å². The van der Waals surface area contributed by atoms with E-state index in [2.05, 4.69) is 0 Å². The Bertz CT molecular complexity index is 527.